The van der Waals surface area contributed by atoms with Gasteiger partial charge in [0.05, 0.1) is 0 Å². The molecule has 0 saturated carbocycles. The molecular weight excluding hydrogens is 184 g/mol. The number of phenols is 1. The number of hydrogen-bond acceptors (Lipinski definition) is 1. The molecule has 0 bridgehead atoms. The van der Waals surface area contributed by atoms with Crippen LogP contribution in [0.2, 0.25) is 0 Å². The molecule has 0 saturated heterocycles. The van der Waals surface area contributed by atoms with Crippen molar-refractivity contribution in [2.45, 2.75) is 13.3 Å². The van der Waals surface area contributed by atoms with E-state index in [0.717, 1.165) is 16.7 Å². The molecule has 1 heteroatoms. The van der Waals surface area contributed by atoms with Gasteiger partial charge in [0.25, 0.3) is 0 Å². The van der Waals surface area contributed by atoms with Crippen LogP contribution < -0.4 is 0 Å². The van der Waals surface area contributed by atoms with Crippen LogP contribution in [-0.4, -0.2) is 5.11 Å². The monoisotopic (exact) mass is 200 g/mol. The molecule has 0 fully saturated rings. The van der Waals surface area contributed by atoms with Crippen LogP contribution in [0.4, 0.5) is 0 Å². The summed E-state index contributed by atoms with van der Waals surface area (Å²) < 4.78 is 0. The summed E-state index contributed by atoms with van der Waals surface area (Å²) in [4.78, 5) is 0. The van der Waals surface area contributed by atoms with Crippen molar-refractivity contribution >= 4 is 0 Å². The van der Waals surface area contributed by atoms with Crippen LogP contribution in [0.25, 0.3) is 0 Å². The van der Waals surface area contributed by atoms with Gasteiger partial charge in [0, 0.05) is 6.42 Å². The van der Waals surface area contributed by atoms with E-state index in [1.54, 1.807) is 18.2 Å². The summed E-state index contributed by atoms with van der Waals surface area (Å²) in [7, 11) is 0. The van der Waals surface area contributed by atoms with Crippen molar-refractivity contribution in [1.29, 1.82) is 0 Å². The van der Waals surface area contributed by atoms with Crippen molar-refractivity contribution in [3.63, 3.8) is 0 Å². The highest BCUT2D eigenvalue weighted by molar-refractivity contribution is 5.40. The third-order valence-corrected chi connectivity index (χ3v) is 2.22. The Balaban J connectivity index is 2.97. The number of benzene rings is 1. The van der Waals surface area contributed by atoms with Crippen LogP contribution in [0.5, 0.6) is 5.75 Å². The molecule has 1 aromatic carbocycles. The number of allylic oxidation sites excluding steroid dienone is 4. The van der Waals surface area contributed by atoms with Gasteiger partial charge in [-0.05, 0) is 24.1 Å². The Kier molecular flexibility index (Phi) is 3.92. The molecule has 0 aromatic heterocycles. The smallest absolute Gasteiger partial charge is 0.119 e. The van der Waals surface area contributed by atoms with Crippen molar-refractivity contribution in [3.05, 3.63) is 66.3 Å². The molecule has 0 atom stereocenters. The van der Waals surface area contributed by atoms with Gasteiger partial charge in [0.1, 0.15) is 5.75 Å². The van der Waals surface area contributed by atoms with Crippen molar-refractivity contribution in [2.75, 3.05) is 0 Å². The fourth-order valence-corrected chi connectivity index (χ4v) is 1.43. The van der Waals surface area contributed by atoms with Gasteiger partial charge in [-0.15, -0.1) is 0 Å². The summed E-state index contributed by atoms with van der Waals surface area (Å²) in [6.45, 7) is 9.38. The van der Waals surface area contributed by atoms with Gasteiger partial charge in [-0.1, -0.05) is 49.1 Å². The second-order valence-electron chi connectivity index (χ2n) is 3.49. The minimum absolute atomic E-state index is 0.331. The Hall–Kier alpha value is -1.76. The molecule has 1 rings (SSSR count). The van der Waals surface area contributed by atoms with Crippen molar-refractivity contribution < 1.29 is 5.11 Å². The first-order valence-corrected chi connectivity index (χ1v) is 4.90. The molecule has 0 spiro atoms. The summed E-state index contributed by atoms with van der Waals surface area (Å²) in [5.74, 6) is 0.331. The third kappa shape index (κ3) is 3.13. The number of phenolic OH excluding ortho intramolecular Hbond substituents is 1. The SMILES string of the molecule is C=C/C=C(\C=C)Cc1cc(C)ccc1O. The highest BCUT2D eigenvalue weighted by atomic mass is 16.3. The Morgan fingerprint density at radius 1 is 1.40 bits per heavy atom. The minimum Gasteiger partial charge on any atom is -0.508 e. The molecule has 0 aliphatic heterocycles. The zero-order valence-corrected chi connectivity index (χ0v) is 9.03. The van der Waals surface area contributed by atoms with E-state index < -0.39 is 0 Å². The van der Waals surface area contributed by atoms with Crippen molar-refractivity contribution in [2.24, 2.45) is 0 Å². The van der Waals surface area contributed by atoms with E-state index in [1.807, 2.05) is 25.1 Å². The lowest BCUT2D eigenvalue weighted by molar-refractivity contribution is 0.469. The molecule has 1 nitrogen and oxygen atoms in total. The van der Waals surface area contributed by atoms with Crippen LogP contribution >= 0.6 is 0 Å². The summed E-state index contributed by atoms with van der Waals surface area (Å²) in [6.07, 6.45) is 6.09. The Labute approximate surface area is 91.1 Å². The largest absolute Gasteiger partial charge is 0.508 e. The second kappa shape index (κ2) is 5.20. The van der Waals surface area contributed by atoms with Crippen molar-refractivity contribution in [1.82, 2.24) is 0 Å². The predicted molar refractivity (Wildman–Crippen MR) is 65.0 cm³/mol. The molecule has 0 heterocycles. The zero-order chi connectivity index (χ0) is 11.3. The Morgan fingerprint density at radius 3 is 2.73 bits per heavy atom. The van der Waals surface area contributed by atoms with Gasteiger partial charge < -0.3 is 5.11 Å². The molecular formula is C14H16O. The topological polar surface area (TPSA) is 20.2 Å². The maximum Gasteiger partial charge on any atom is 0.119 e. The van der Waals surface area contributed by atoms with Crippen LogP contribution in [0.15, 0.2) is 55.2 Å². The fraction of sp³-hybridized carbons (Fsp3) is 0.143. The molecule has 1 aromatic rings. The summed E-state index contributed by atoms with van der Waals surface area (Å²) >= 11 is 0. The van der Waals surface area contributed by atoms with Gasteiger partial charge in [0.2, 0.25) is 0 Å². The summed E-state index contributed by atoms with van der Waals surface area (Å²) in [6, 6.07) is 5.60. The second-order valence-corrected chi connectivity index (χ2v) is 3.49. The molecule has 15 heavy (non-hydrogen) atoms. The highest BCUT2D eigenvalue weighted by Crippen LogP contribution is 2.21. The number of hydrogen-bond donors (Lipinski definition) is 1. The van der Waals surface area contributed by atoms with Crippen molar-refractivity contribution in [3.8, 4) is 5.75 Å². The maximum absolute atomic E-state index is 9.66. The van der Waals surface area contributed by atoms with E-state index in [9.17, 15) is 5.11 Å². The van der Waals surface area contributed by atoms with Gasteiger partial charge in [-0.2, -0.15) is 0 Å². The fourth-order valence-electron chi connectivity index (χ4n) is 1.43. The molecule has 0 aliphatic rings. The molecule has 0 radical (unpaired) electrons. The molecule has 1 N–H and O–H groups in total. The number of aryl methyl sites for hydroxylation is 1. The summed E-state index contributed by atoms with van der Waals surface area (Å²) in [5, 5.41) is 9.66. The molecule has 78 valence electrons. The maximum atomic E-state index is 9.66. The normalized spacial score (nSPS) is 11.1. The Bertz CT molecular complexity index is 400. The zero-order valence-electron chi connectivity index (χ0n) is 9.03. The van der Waals surface area contributed by atoms with Gasteiger partial charge >= 0.3 is 0 Å². The van der Waals surface area contributed by atoms with E-state index in [-0.39, 0.29) is 0 Å². The molecule has 0 amide bonds. The van der Waals surface area contributed by atoms with E-state index in [4.69, 9.17) is 0 Å². The minimum atomic E-state index is 0.331. The first-order valence-electron chi connectivity index (χ1n) is 4.90. The van der Waals surface area contributed by atoms with Gasteiger partial charge in [-0.25, -0.2) is 0 Å². The number of rotatable bonds is 4. The van der Waals surface area contributed by atoms with Crippen LogP contribution in [0.3, 0.4) is 0 Å². The third-order valence-electron chi connectivity index (χ3n) is 2.22. The first-order chi connectivity index (χ1) is 7.17. The standard InChI is InChI=1S/C14H16O/c1-4-6-12(5-2)10-13-9-11(3)7-8-14(13)15/h4-9,15H,1-2,10H2,3H3/b12-6+. The molecule has 0 unspecified atom stereocenters. The lowest BCUT2D eigenvalue weighted by atomic mass is 10.0. The lowest BCUT2D eigenvalue weighted by Gasteiger charge is -2.06. The van der Waals surface area contributed by atoms with E-state index >= 15 is 0 Å². The van der Waals surface area contributed by atoms with E-state index in [1.165, 1.54) is 0 Å². The van der Waals surface area contributed by atoms with E-state index in [0.29, 0.717) is 12.2 Å². The quantitative estimate of drug-likeness (QED) is 0.737. The van der Waals surface area contributed by atoms with Gasteiger partial charge in [0.15, 0.2) is 0 Å². The van der Waals surface area contributed by atoms with E-state index in [2.05, 4.69) is 13.2 Å². The predicted octanol–water partition coefficient (Wildman–Crippen LogP) is 3.54. The van der Waals surface area contributed by atoms with Gasteiger partial charge in [-0.3, -0.25) is 0 Å². The average molecular weight is 200 g/mol. The molecule has 0 aliphatic carbocycles. The first kappa shape index (κ1) is 11.3. The highest BCUT2D eigenvalue weighted by Gasteiger charge is 2.02. The summed E-state index contributed by atoms with van der Waals surface area (Å²) in [5.41, 5.74) is 3.11. The Morgan fingerprint density at radius 2 is 2.13 bits per heavy atom. The lowest BCUT2D eigenvalue weighted by Crippen LogP contribution is -1.89. The number of aromatic hydroxyl groups is 1. The average Bonchev–Trinajstić information content (AvgIpc) is 2.22. The van der Waals surface area contributed by atoms with Crippen LogP contribution in [0.1, 0.15) is 11.1 Å². The van der Waals surface area contributed by atoms with Crippen LogP contribution in [0, 0.1) is 6.92 Å². The van der Waals surface area contributed by atoms with Crippen LogP contribution in [-0.2, 0) is 6.42 Å².